The second-order valence-electron chi connectivity index (χ2n) is 2.44. The maximum atomic E-state index is 10.4. The molecule has 0 aromatic heterocycles. The number of hydrogen-bond acceptors (Lipinski definition) is 3. The van der Waals surface area contributed by atoms with Gasteiger partial charge in [0, 0.05) is 12.8 Å². The molecule has 0 rings (SSSR count). The number of ketones is 1. The second-order valence-corrected chi connectivity index (χ2v) is 2.44. The van der Waals surface area contributed by atoms with Crippen molar-refractivity contribution in [1.82, 2.24) is 0 Å². The lowest BCUT2D eigenvalue weighted by Gasteiger charge is -2.21. The van der Waals surface area contributed by atoms with Crippen molar-refractivity contribution in [1.29, 1.82) is 0 Å². The normalized spacial score (nSPS) is 12.2. The lowest BCUT2D eigenvalue weighted by Crippen LogP contribution is -2.41. The highest BCUT2D eigenvalue weighted by Crippen LogP contribution is 2.13. The second kappa shape index (κ2) is 2.45. The molecule has 9 heavy (non-hydrogen) atoms. The lowest BCUT2D eigenvalue weighted by atomic mass is 10.00. The maximum absolute atomic E-state index is 10.4. The van der Waals surface area contributed by atoms with Crippen molar-refractivity contribution >= 4 is 5.78 Å². The minimum Gasteiger partial charge on any atom is -0.360 e. The Morgan fingerprint density at radius 2 is 1.78 bits per heavy atom. The van der Waals surface area contributed by atoms with Gasteiger partial charge >= 0.3 is 0 Å². The summed E-state index contributed by atoms with van der Waals surface area (Å²) < 4.78 is 0. The van der Waals surface area contributed by atoms with Crippen molar-refractivity contribution in [2.24, 2.45) is 5.92 Å². The van der Waals surface area contributed by atoms with E-state index in [1.54, 1.807) is 13.8 Å². The summed E-state index contributed by atoms with van der Waals surface area (Å²) in [7, 11) is 0. The van der Waals surface area contributed by atoms with Crippen molar-refractivity contribution in [3.05, 3.63) is 0 Å². The number of Topliss-reactive ketones (excluding diaryl/α,β-unsaturated/α-hetero) is 1. The van der Waals surface area contributed by atoms with Crippen LogP contribution in [0.25, 0.3) is 0 Å². The first kappa shape index (κ1) is 8.59. The van der Waals surface area contributed by atoms with E-state index in [4.69, 9.17) is 10.2 Å². The summed E-state index contributed by atoms with van der Waals surface area (Å²) >= 11 is 0. The first-order chi connectivity index (χ1) is 3.89. The molecule has 0 fully saturated rings. The molecular formula is C6H12O3. The number of rotatable bonds is 2. The molecule has 0 amide bonds. The van der Waals surface area contributed by atoms with Crippen LogP contribution in [0.2, 0.25) is 0 Å². The molecule has 0 aliphatic carbocycles. The Labute approximate surface area is 54.3 Å². The van der Waals surface area contributed by atoms with Crippen LogP contribution in [0.5, 0.6) is 0 Å². The van der Waals surface area contributed by atoms with Gasteiger partial charge in [0.05, 0.1) is 0 Å². The third kappa shape index (κ3) is 1.77. The quantitative estimate of drug-likeness (QED) is 0.516. The number of aliphatic hydroxyl groups is 2. The molecule has 0 saturated carbocycles. The summed E-state index contributed by atoms with van der Waals surface area (Å²) in [6.07, 6.45) is 0. The minimum atomic E-state index is -2.14. The first-order valence-corrected chi connectivity index (χ1v) is 2.84. The number of carbonyl (C=O) groups excluding carboxylic acids is 1. The van der Waals surface area contributed by atoms with E-state index in [-0.39, 0.29) is 0 Å². The van der Waals surface area contributed by atoms with Crippen LogP contribution >= 0.6 is 0 Å². The fraction of sp³-hybridized carbons (Fsp3) is 0.833. The molecule has 3 heteroatoms. The standard InChI is InChI=1S/C6H12O3/c1-4(2)6(8,9)5(3)7/h4,8-9H,1-3H3. The monoisotopic (exact) mass is 132 g/mol. The third-order valence-corrected chi connectivity index (χ3v) is 1.32. The highest BCUT2D eigenvalue weighted by molar-refractivity contribution is 5.82. The summed E-state index contributed by atoms with van der Waals surface area (Å²) in [5.41, 5.74) is 0. The topological polar surface area (TPSA) is 57.5 Å². The van der Waals surface area contributed by atoms with Crippen LogP contribution in [0.3, 0.4) is 0 Å². The summed E-state index contributed by atoms with van der Waals surface area (Å²) in [5, 5.41) is 17.8. The van der Waals surface area contributed by atoms with Gasteiger partial charge in [0.15, 0.2) is 5.78 Å². The Morgan fingerprint density at radius 1 is 1.44 bits per heavy atom. The smallest absolute Gasteiger partial charge is 0.225 e. The van der Waals surface area contributed by atoms with Gasteiger partial charge in [-0.15, -0.1) is 0 Å². The molecule has 0 aromatic carbocycles. The van der Waals surface area contributed by atoms with E-state index in [9.17, 15) is 4.79 Å². The van der Waals surface area contributed by atoms with E-state index in [2.05, 4.69) is 0 Å². The fourth-order valence-electron chi connectivity index (χ4n) is 0.407. The molecule has 0 spiro atoms. The Kier molecular flexibility index (Phi) is 2.34. The number of carbonyl (C=O) groups is 1. The zero-order valence-electron chi connectivity index (χ0n) is 5.88. The molecule has 0 aliphatic rings. The van der Waals surface area contributed by atoms with Crippen molar-refractivity contribution < 1.29 is 15.0 Å². The molecule has 54 valence electrons. The first-order valence-electron chi connectivity index (χ1n) is 2.84. The zero-order valence-corrected chi connectivity index (χ0v) is 5.88. The molecule has 0 unspecified atom stereocenters. The van der Waals surface area contributed by atoms with Gasteiger partial charge in [0.25, 0.3) is 0 Å². The van der Waals surface area contributed by atoms with E-state index in [0.717, 1.165) is 6.92 Å². The van der Waals surface area contributed by atoms with E-state index in [0.29, 0.717) is 0 Å². The van der Waals surface area contributed by atoms with Crippen LogP contribution in [-0.4, -0.2) is 21.8 Å². The van der Waals surface area contributed by atoms with Crippen LogP contribution in [-0.2, 0) is 4.79 Å². The highest BCUT2D eigenvalue weighted by atomic mass is 16.5. The lowest BCUT2D eigenvalue weighted by molar-refractivity contribution is -0.196. The van der Waals surface area contributed by atoms with Crippen molar-refractivity contribution in [2.75, 3.05) is 0 Å². The van der Waals surface area contributed by atoms with Gasteiger partial charge in [-0.05, 0) is 0 Å². The summed E-state index contributed by atoms with van der Waals surface area (Å²) in [4.78, 5) is 10.4. The molecule has 2 N–H and O–H groups in total. The summed E-state index contributed by atoms with van der Waals surface area (Å²) in [5.74, 6) is -3.20. The molecular weight excluding hydrogens is 120 g/mol. The molecule has 0 radical (unpaired) electrons. The Hall–Kier alpha value is -0.410. The van der Waals surface area contributed by atoms with Crippen LogP contribution in [0.15, 0.2) is 0 Å². The Balaban J connectivity index is 4.19. The van der Waals surface area contributed by atoms with Crippen LogP contribution in [0, 0.1) is 5.92 Å². The molecule has 0 bridgehead atoms. The van der Waals surface area contributed by atoms with Gasteiger partial charge in [-0.2, -0.15) is 0 Å². The van der Waals surface area contributed by atoms with E-state index in [1.807, 2.05) is 0 Å². The molecule has 3 nitrogen and oxygen atoms in total. The van der Waals surface area contributed by atoms with E-state index >= 15 is 0 Å². The summed E-state index contributed by atoms with van der Waals surface area (Å²) in [6.45, 7) is 4.29. The molecule has 0 saturated heterocycles. The average Bonchev–Trinajstić information content (AvgIpc) is 1.65. The molecule has 0 aromatic rings. The van der Waals surface area contributed by atoms with E-state index in [1.165, 1.54) is 0 Å². The predicted octanol–water partition coefficient (Wildman–Crippen LogP) is -0.0877. The SMILES string of the molecule is CC(=O)C(O)(O)C(C)C. The van der Waals surface area contributed by atoms with Crippen LogP contribution < -0.4 is 0 Å². The van der Waals surface area contributed by atoms with Gasteiger partial charge in [0.1, 0.15) is 0 Å². The molecule has 0 heterocycles. The molecule has 0 atom stereocenters. The van der Waals surface area contributed by atoms with Crippen LogP contribution in [0.1, 0.15) is 20.8 Å². The number of hydrogen-bond donors (Lipinski definition) is 2. The van der Waals surface area contributed by atoms with Gasteiger partial charge in [0.2, 0.25) is 5.79 Å². The van der Waals surface area contributed by atoms with Crippen LogP contribution in [0.4, 0.5) is 0 Å². The largest absolute Gasteiger partial charge is 0.360 e. The summed E-state index contributed by atoms with van der Waals surface area (Å²) in [6, 6.07) is 0. The van der Waals surface area contributed by atoms with Gasteiger partial charge in [-0.25, -0.2) is 0 Å². The maximum Gasteiger partial charge on any atom is 0.225 e. The van der Waals surface area contributed by atoms with Gasteiger partial charge in [-0.1, -0.05) is 13.8 Å². The van der Waals surface area contributed by atoms with E-state index < -0.39 is 17.5 Å². The minimum absolute atomic E-state index is 0.449. The van der Waals surface area contributed by atoms with Crippen molar-refractivity contribution in [3.63, 3.8) is 0 Å². The predicted molar refractivity (Wildman–Crippen MR) is 32.7 cm³/mol. The van der Waals surface area contributed by atoms with Crippen molar-refractivity contribution in [2.45, 2.75) is 26.6 Å². The highest BCUT2D eigenvalue weighted by Gasteiger charge is 2.32. The van der Waals surface area contributed by atoms with Crippen molar-refractivity contribution in [3.8, 4) is 0 Å². The fourth-order valence-corrected chi connectivity index (χ4v) is 0.407. The Bertz CT molecular complexity index is 115. The third-order valence-electron chi connectivity index (χ3n) is 1.32. The van der Waals surface area contributed by atoms with Gasteiger partial charge in [-0.3, -0.25) is 4.79 Å². The Morgan fingerprint density at radius 3 is 1.78 bits per heavy atom. The zero-order chi connectivity index (χ0) is 7.65. The molecule has 0 aliphatic heterocycles. The average molecular weight is 132 g/mol. The van der Waals surface area contributed by atoms with Gasteiger partial charge < -0.3 is 10.2 Å².